The molecule has 0 amide bonds. The molecule has 4 nitrogen and oxygen atoms in total. The summed E-state index contributed by atoms with van der Waals surface area (Å²) in [6.07, 6.45) is 2.30. The summed E-state index contributed by atoms with van der Waals surface area (Å²) >= 11 is 0. The van der Waals surface area contributed by atoms with E-state index in [2.05, 4.69) is 4.90 Å². The molecule has 1 saturated carbocycles. The van der Waals surface area contributed by atoms with Crippen LogP contribution in [0.15, 0.2) is 18.2 Å². The Morgan fingerprint density at radius 1 is 1.37 bits per heavy atom. The van der Waals surface area contributed by atoms with Gasteiger partial charge in [0, 0.05) is 6.04 Å². The summed E-state index contributed by atoms with van der Waals surface area (Å²) in [6, 6.07) is 6.00. The molecule has 0 bridgehead atoms. The number of benzene rings is 1. The Hall–Kier alpha value is -1.55. The lowest BCUT2D eigenvalue weighted by molar-refractivity contribution is -0.147. The summed E-state index contributed by atoms with van der Waals surface area (Å²) in [4.78, 5) is 14.2. The monoisotopic (exact) mass is 263 g/mol. The number of aryl methyl sites for hydroxylation is 1. The molecule has 1 aromatic rings. The zero-order valence-electron chi connectivity index (χ0n) is 12.0. The molecule has 0 saturated heterocycles. The molecule has 19 heavy (non-hydrogen) atoms. The lowest BCUT2D eigenvalue weighted by atomic mass is 10.0. The van der Waals surface area contributed by atoms with E-state index >= 15 is 0 Å². The largest absolute Gasteiger partial charge is 0.496 e. The average Bonchev–Trinajstić information content (AvgIpc) is 3.23. The van der Waals surface area contributed by atoms with Gasteiger partial charge in [0.05, 0.1) is 14.2 Å². The molecular formula is C15H21NO3. The fraction of sp³-hybridized carbons (Fsp3) is 0.533. The van der Waals surface area contributed by atoms with Gasteiger partial charge in [0.15, 0.2) is 0 Å². The molecule has 1 aliphatic rings. The molecular weight excluding hydrogens is 242 g/mol. The fourth-order valence-electron chi connectivity index (χ4n) is 2.41. The first kappa shape index (κ1) is 13.9. The maximum Gasteiger partial charge on any atom is 0.327 e. The summed E-state index contributed by atoms with van der Waals surface area (Å²) in [7, 11) is 5.07. The SMILES string of the molecule is COC(=O)C(c1ccc(OC)c(C)c1)N(C)C1CC1. The Labute approximate surface area is 114 Å². The van der Waals surface area contributed by atoms with Gasteiger partial charge in [-0.15, -0.1) is 0 Å². The van der Waals surface area contributed by atoms with E-state index in [4.69, 9.17) is 9.47 Å². The Balaban J connectivity index is 2.31. The van der Waals surface area contributed by atoms with Crippen LogP contribution >= 0.6 is 0 Å². The third-order valence-electron chi connectivity index (χ3n) is 3.69. The van der Waals surface area contributed by atoms with Gasteiger partial charge in [-0.05, 0) is 44.0 Å². The van der Waals surface area contributed by atoms with Crippen LogP contribution < -0.4 is 4.74 Å². The van der Waals surface area contributed by atoms with Gasteiger partial charge < -0.3 is 9.47 Å². The molecule has 1 fully saturated rings. The van der Waals surface area contributed by atoms with Gasteiger partial charge in [0.1, 0.15) is 11.8 Å². The minimum atomic E-state index is -0.331. The van der Waals surface area contributed by atoms with E-state index in [0.29, 0.717) is 6.04 Å². The molecule has 104 valence electrons. The Kier molecular flexibility index (Phi) is 4.10. The lowest BCUT2D eigenvalue weighted by Gasteiger charge is -2.26. The van der Waals surface area contributed by atoms with Gasteiger partial charge in [-0.3, -0.25) is 4.90 Å². The minimum Gasteiger partial charge on any atom is -0.496 e. The van der Waals surface area contributed by atoms with E-state index in [0.717, 1.165) is 29.7 Å². The number of methoxy groups -OCH3 is 2. The summed E-state index contributed by atoms with van der Waals surface area (Å²) in [5.41, 5.74) is 1.98. The van der Waals surface area contributed by atoms with E-state index in [1.165, 1.54) is 7.11 Å². The van der Waals surface area contributed by atoms with E-state index < -0.39 is 0 Å². The quantitative estimate of drug-likeness (QED) is 0.764. The predicted molar refractivity (Wildman–Crippen MR) is 73.3 cm³/mol. The van der Waals surface area contributed by atoms with Crippen LogP contribution in [-0.4, -0.2) is 38.2 Å². The maximum atomic E-state index is 12.1. The first-order valence-electron chi connectivity index (χ1n) is 6.52. The lowest BCUT2D eigenvalue weighted by Crippen LogP contribution is -2.33. The number of hydrogen-bond acceptors (Lipinski definition) is 4. The molecule has 0 aliphatic heterocycles. The van der Waals surface area contributed by atoms with Crippen molar-refractivity contribution in [2.24, 2.45) is 0 Å². The number of rotatable bonds is 5. The number of likely N-dealkylation sites (N-methyl/N-ethyl adjacent to an activating group) is 1. The van der Waals surface area contributed by atoms with Crippen LogP contribution in [0.2, 0.25) is 0 Å². The number of carbonyl (C=O) groups is 1. The molecule has 1 unspecified atom stereocenters. The molecule has 4 heteroatoms. The Bertz CT molecular complexity index is 468. The van der Waals surface area contributed by atoms with Gasteiger partial charge >= 0.3 is 5.97 Å². The molecule has 0 N–H and O–H groups in total. The van der Waals surface area contributed by atoms with Crippen molar-refractivity contribution >= 4 is 5.97 Å². The molecule has 0 spiro atoms. The maximum absolute atomic E-state index is 12.1. The molecule has 1 atom stereocenters. The molecule has 2 rings (SSSR count). The van der Waals surface area contributed by atoms with Crippen molar-refractivity contribution in [3.63, 3.8) is 0 Å². The van der Waals surface area contributed by atoms with Crippen molar-refractivity contribution in [3.05, 3.63) is 29.3 Å². The van der Waals surface area contributed by atoms with Crippen molar-refractivity contribution in [2.75, 3.05) is 21.3 Å². The zero-order valence-corrected chi connectivity index (χ0v) is 12.0. The highest BCUT2D eigenvalue weighted by molar-refractivity contribution is 5.77. The van der Waals surface area contributed by atoms with Gasteiger partial charge in [-0.2, -0.15) is 0 Å². The highest BCUT2D eigenvalue weighted by Crippen LogP contribution is 2.34. The highest BCUT2D eigenvalue weighted by Gasteiger charge is 2.36. The third kappa shape index (κ3) is 2.89. The molecule has 0 heterocycles. The summed E-state index contributed by atoms with van der Waals surface area (Å²) < 4.78 is 10.2. The number of hydrogen-bond donors (Lipinski definition) is 0. The van der Waals surface area contributed by atoms with Crippen LogP contribution in [-0.2, 0) is 9.53 Å². The number of esters is 1. The van der Waals surface area contributed by atoms with Crippen LogP contribution in [0.25, 0.3) is 0 Å². The van der Waals surface area contributed by atoms with Gasteiger partial charge in [0.25, 0.3) is 0 Å². The van der Waals surface area contributed by atoms with Gasteiger partial charge in [-0.25, -0.2) is 4.79 Å². The van der Waals surface area contributed by atoms with Gasteiger partial charge in [-0.1, -0.05) is 12.1 Å². The average molecular weight is 263 g/mol. The second kappa shape index (κ2) is 5.61. The zero-order chi connectivity index (χ0) is 14.0. The smallest absolute Gasteiger partial charge is 0.327 e. The highest BCUT2D eigenvalue weighted by atomic mass is 16.5. The van der Waals surface area contributed by atoms with Crippen LogP contribution in [0.5, 0.6) is 5.75 Å². The van der Waals surface area contributed by atoms with E-state index in [1.807, 2.05) is 32.2 Å². The number of nitrogens with zero attached hydrogens (tertiary/aromatic N) is 1. The first-order chi connectivity index (χ1) is 9.08. The number of ether oxygens (including phenoxy) is 2. The number of carbonyl (C=O) groups excluding carboxylic acids is 1. The van der Waals surface area contributed by atoms with Gasteiger partial charge in [0.2, 0.25) is 0 Å². The van der Waals surface area contributed by atoms with Crippen molar-refractivity contribution in [1.29, 1.82) is 0 Å². The second-order valence-electron chi connectivity index (χ2n) is 5.05. The van der Waals surface area contributed by atoms with Crippen LogP contribution in [0, 0.1) is 6.92 Å². The minimum absolute atomic E-state index is 0.209. The van der Waals surface area contributed by atoms with Crippen LogP contribution in [0.4, 0.5) is 0 Å². The van der Waals surface area contributed by atoms with E-state index in [1.54, 1.807) is 7.11 Å². The fourth-order valence-corrected chi connectivity index (χ4v) is 2.41. The van der Waals surface area contributed by atoms with E-state index in [9.17, 15) is 4.79 Å². The molecule has 1 aliphatic carbocycles. The van der Waals surface area contributed by atoms with Crippen molar-refractivity contribution < 1.29 is 14.3 Å². The topological polar surface area (TPSA) is 38.8 Å². The Morgan fingerprint density at radius 2 is 2.05 bits per heavy atom. The Morgan fingerprint density at radius 3 is 2.53 bits per heavy atom. The second-order valence-corrected chi connectivity index (χ2v) is 5.05. The van der Waals surface area contributed by atoms with E-state index in [-0.39, 0.29) is 12.0 Å². The molecule has 0 radical (unpaired) electrons. The van der Waals surface area contributed by atoms with Crippen LogP contribution in [0.1, 0.15) is 30.0 Å². The summed E-state index contributed by atoms with van der Waals surface area (Å²) in [5.74, 6) is 0.625. The van der Waals surface area contributed by atoms with Crippen molar-refractivity contribution in [3.8, 4) is 5.75 Å². The molecule has 0 aromatic heterocycles. The first-order valence-corrected chi connectivity index (χ1v) is 6.52. The van der Waals surface area contributed by atoms with Crippen molar-refractivity contribution in [2.45, 2.75) is 31.8 Å². The summed E-state index contributed by atoms with van der Waals surface area (Å²) in [6.45, 7) is 1.98. The standard InChI is InChI=1S/C15H21NO3/c1-10-9-11(5-8-13(10)18-3)14(15(17)19-4)16(2)12-6-7-12/h5,8-9,12,14H,6-7H2,1-4H3. The predicted octanol–water partition coefficient (Wildman–Crippen LogP) is 2.31. The normalized spacial score (nSPS) is 16.3. The third-order valence-corrected chi connectivity index (χ3v) is 3.69. The van der Waals surface area contributed by atoms with Crippen molar-refractivity contribution in [1.82, 2.24) is 4.90 Å². The van der Waals surface area contributed by atoms with Crippen LogP contribution in [0.3, 0.4) is 0 Å². The summed E-state index contributed by atoms with van der Waals surface area (Å²) in [5, 5.41) is 0. The molecule has 1 aromatic carbocycles.